The van der Waals surface area contributed by atoms with Gasteiger partial charge in [0.15, 0.2) is 0 Å². The van der Waals surface area contributed by atoms with Gasteiger partial charge in [-0.1, -0.05) is 218 Å². The van der Waals surface area contributed by atoms with Crippen molar-refractivity contribution in [1.82, 2.24) is 5.32 Å². The minimum atomic E-state index is -5.15. The molecule has 0 bridgehead atoms. The fourth-order valence-electron chi connectivity index (χ4n) is 8.83. The summed E-state index contributed by atoms with van der Waals surface area (Å²) in [6.45, 7) is 3.77. The molecule has 0 aromatic heterocycles. The molecule has 1 rings (SSSR count). The zero-order chi connectivity index (χ0) is 49.4. The third-order valence-electron chi connectivity index (χ3n) is 13.3. The first kappa shape index (κ1) is 63.8. The molecule has 14 heteroatoms. The lowest BCUT2D eigenvalue weighted by Gasteiger charge is -2.41. The molecule has 67 heavy (non-hydrogen) atoms. The van der Waals surface area contributed by atoms with Crippen LogP contribution in [0.5, 0.6) is 0 Å². The van der Waals surface area contributed by atoms with Crippen molar-refractivity contribution in [3.63, 3.8) is 0 Å². The van der Waals surface area contributed by atoms with Crippen LogP contribution >= 0.6 is 7.82 Å². The van der Waals surface area contributed by atoms with E-state index in [9.17, 15) is 50.0 Å². The number of rotatable bonds is 46. The number of aliphatic hydroxyl groups excluding tert-OH is 7. The largest absolute Gasteiger partial charge is 0.472 e. The van der Waals surface area contributed by atoms with E-state index in [-0.39, 0.29) is 6.42 Å². The van der Waals surface area contributed by atoms with Crippen LogP contribution in [0.2, 0.25) is 0 Å². The van der Waals surface area contributed by atoms with Crippen molar-refractivity contribution in [1.29, 1.82) is 0 Å². The molecule has 0 aromatic rings. The Hall–Kier alpha value is -1.22. The standard InChI is InChI=1S/C53H102NO12P/c1-3-5-7-9-11-13-15-17-19-21-22-23-25-27-29-31-33-35-37-39-41-46(56)45(43-65-67(63,64)66-53-51(61)49(59)48(58)50(60)52(53)62)54-47(57)42-44(55)40-38-36-34-32-30-28-26-24-20-18-16-14-12-10-8-6-4-2/h24,26,39,41,44-46,48-53,55-56,58-62H,3-23,25,27-38,40,42-43H2,1-2H3,(H,54,57)(H,63,64)/b26-24-,41-39+. The normalized spacial score (nSPS) is 22.4. The van der Waals surface area contributed by atoms with Gasteiger partial charge in [-0.05, 0) is 44.9 Å². The first-order chi connectivity index (χ1) is 32.3. The van der Waals surface area contributed by atoms with Gasteiger partial charge >= 0.3 is 7.82 Å². The Kier molecular flexibility index (Phi) is 40.4. The van der Waals surface area contributed by atoms with Crippen molar-refractivity contribution in [3.05, 3.63) is 24.3 Å². The number of nitrogens with one attached hydrogen (secondary N) is 1. The van der Waals surface area contributed by atoms with Gasteiger partial charge in [0, 0.05) is 0 Å². The number of amides is 1. The molecule has 396 valence electrons. The Balaban J connectivity index is 2.46. The highest BCUT2D eigenvalue weighted by molar-refractivity contribution is 7.47. The number of aliphatic hydroxyl groups is 7. The van der Waals surface area contributed by atoms with E-state index in [4.69, 9.17) is 9.05 Å². The number of allylic oxidation sites excluding steroid dienone is 3. The Bertz CT molecular complexity index is 1240. The van der Waals surface area contributed by atoms with Crippen molar-refractivity contribution in [2.75, 3.05) is 6.61 Å². The topological polar surface area (TPSA) is 226 Å². The predicted molar refractivity (Wildman–Crippen MR) is 270 cm³/mol. The number of carbonyl (C=O) groups is 1. The molecule has 1 aliphatic carbocycles. The summed E-state index contributed by atoms with van der Waals surface area (Å²) >= 11 is 0. The molecule has 13 nitrogen and oxygen atoms in total. The summed E-state index contributed by atoms with van der Waals surface area (Å²) in [6.07, 6.45) is 35.4. The van der Waals surface area contributed by atoms with Gasteiger partial charge in [0.05, 0.1) is 31.3 Å². The Morgan fingerprint density at radius 3 is 1.27 bits per heavy atom. The van der Waals surface area contributed by atoms with Crippen LogP contribution in [0.1, 0.15) is 245 Å². The second kappa shape index (κ2) is 42.5. The summed E-state index contributed by atoms with van der Waals surface area (Å²) in [5, 5.41) is 74.8. The van der Waals surface area contributed by atoms with E-state index >= 15 is 0 Å². The second-order valence-corrected chi connectivity index (χ2v) is 21.0. The summed E-state index contributed by atoms with van der Waals surface area (Å²) in [4.78, 5) is 23.5. The Morgan fingerprint density at radius 2 is 0.866 bits per heavy atom. The average molecular weight is 976 g/mol. The minimum Gasteiger partial charge on any atom is -0.393 e. The molecule has 0 spiro atoms. The van der Waals surface area contributed by atoms with E-state index in [1.54, 1.807) is 6.08 Å². The maximum Gasteiger partial charge on any atom is 0.472 e. The highest BCUT2D eigenvalue weighted by Crippen LogP contribution is 2.47. The maximum atomic E-state index is 13.1. The predicted octanol–water partition coefficient (Wildman–Crippen LogP) is 10.7. The van der Waals surface area contributed by atoms with Crippen molar-refractivity contribution in [2.45, 2.75) is 300 Å². The SMILES string of the molecule is CCCCCCCCCC/C=C\CCCCCCCC(O)CC(=O)NC(COP(=O)(O)OC1C(O)C(O)C(O)C(O)C1O)C(O)/C=C/CCCCCCCCCCCCCCCCCCCC. The molecule has 0 aromatic carbocycles. The van der Waals surface area contributed by atoms with Gasteiger partial charge in [-0.25, -0.2) is 4.57 Å². The van der Waals surface area contributed by atoms with E-state index in [0.29, 0.717) is 12.8 Å². The highest BCUT2D eigenvalue weighted by Gasteiger charge is 2.51. The molecule has 8 unspecified atom stereocenters. The quantitative estimate of drug-likeness (QED) is 0.0158. The van der Waals surface area contributed by atoms with E-state index in [0.717, 1.165) is 64.2 Å². The fraction of sp³-hybridized carbons (Fsp3) is 0.906. The van der Waals surface area contributed by atoms with E-state index in [1.165, 1.54) is 154 Å². The molecule has 0 radical (unpaired) electrons. The van der Waals surface area contributed by atoms with Crippen LogP contribution in [0.15, 0.2) is 24.3 Å². The van der Waals surface area contributed by atoms with E-state index in [2.05, 4.69) is 31.3 Å². The van der Waals surface area contributed by atoms with Crippen LogP contribution in [0.3, 0.4) is 0 Å². The lowest BCUT2D eigenvalue weighted by Crippen LogP contribution is -2.64. The van der Waals surface area contributed by atoms with Gasteiger partial charge in [0.2, 0.25) is 5.91 Å². The molecule has 8 atom stereocenters. The molecule has 1 saturated carbocycles. The van der Waals surface area contributed by atoms with Crippen LogP contribution < -0.4 is 5.32 Å². The van der Waals surface area contributed by atoms with E-state index in [1.807, 2.05) is 0 Å². The van der Waals surface area contributed by atoms with Crippen LogP contribution in [0.4, 0.5) is 0 Å². The van der Waals surface area contributed by atoms with Crippen LogP contribution in [0.25, 0.3) is 0 Å². The summed E-state index contributed by atoms with van der Waals surface area (Å²) < 4.78 is 23.0. The molecule has 9 N–H and O–H groups in total. The summed E-state index contributed by atoms with van der Waals surface area (Å²) in [5.41, 5.74) is 0. The number of phosphoric acid groups is 1. The molecule has 0 aliphatic heterocycles. The number of hydrogen-bond donors (Lipinski definition) is 9. The number of phosphoric ester groups is 1. The van der Waals surface area contributed by atoms with Crippen LogP contribution in [-0.2, 0) is 18.4 Å². The molecular weight excluding hydrogens is 874 g/mol. The zero-order valence-corrected chi connectivity index (χ0v) is 43.2. The molecule has 1 amide bonds. The van der Waals surface area contributed by atoms with E-state index < -0.39 is 75.2 Å². The molecule has 1 aliphatic rings. The smallest absolute Gasteiger partial charge is 0.393 e. The zero-order valence-electron chi connectivity index (χ0n) is 42.3. The van der Waals surface area contributed by atoms with Crippen LogP contribution in [0, 0.1) is 0 Å². The molecular formula is C53H102NO12P. The van der Waals surface area contributed by atoms with Crippen LogP contribution in [-0.4, -0.2) is 108 Å². The lowest BCUT2D eigenvalue weighted by molar-refractivity contribution is -0.220. The maximum absolute atomic E-state index is 13.1. The van der Waals surface area contributed by atoms with Gasteiger partial charge in [-0.15, -0.1) is 0 Å². The van der Waals surface area contributed by atoms with Crippen molar-refractivity contribution >= 4 is 13.7 Å². The van der Waals surface area contributed by atoms with Crippen molar-refractivity contribution < 1.29 is 59.0 Å². The number of unbranched alkanes of at least 4 members (excludes halogenated alkanes) is 31. The third kappa shape index (κ3) is 33.9. The van der Waals surface area contributed by atoms with Gasteiger partial charge < -0.3 is 46.0 Å². The third-order valence-corrected chi connectivity index (χ3v) is 14.3. The summed E-state index contributed by atoms with van der Waals surface area (Å²) in [6, 6.07) is -1.24. The van der Waals surface area contributed by atoms with Gasteiger partial charge in [-0.2, -0.15) is 0 Å². The summed E-state index contributed by atoms with van der Waals surface area (Å²) in [7, 11) is -5.15. The number of hydrogen-bond acceptors (Lipinski definition) is 11. The molecule has 0 saturated heterocycles. The first-order valence-corrected chi connectivity index (χ1v) is 28.9. The number of carbonyl (C=O) groups excluding carboxylic acids is 1. The van der Waals surface area contributed by atoms with Crippen molar-refractivity contribution in [2.24, 2.45) is 0 Å². The second-order valence-electron chi connectivity index (χ2n) is 19.6. The van der Waals surface area contributed by atoms with Gasteiger partial charge in [0.1, 0.15) is 36.6 Å². The monoisotopic (exact) mass is 976 g/mol. The molecule has 1 fully saturated rings. The van der Waals surface area contributed by atoms with Crippen molar-refractivity contribution in [3.8, 4) is 0 Å². The fourth-order valence-corrected chi connectivity index (χ4v) is 9.79. The highest BCUT2D eigenvalue weighted by atomic mass is 31.2. The Morgan fingerprint density at radius 1 is 0.522 bits per heavy atom. The average Bonchev–Trinajstić information content (AvgIpc) is 3.30. The first-order valence-electron chi connectivity index (χ1n) is 27.4. The van der Waals surface area contributed by atoms with Gasteiger partial charge in [-0.3, -0.25) is 13.8 Å². The molecule has 0 heterocycles. The summed E-state index contributed by atoms with van der Waals surface area (Å²) in [5.74, 6) is -0.595. The lowest BCUT2D eigenvalue weighted by atomic mass is 9.85. The Labute approximate surface area is 407 Å². The van der Waals surface area contributed by atoms with Gasteiger partial charge in [0.25, 0.3) is 0 Å². The minimum absolute atomic E-state index is 0.248.